The number of ether oxygens (including phenoxy) is 1. The van der Waals surface area contributed by atoms with E-state index in [1.165, 1.54) is 5.56 Å². The lowest BCUT2D eigenvalue weighted by molar-refractivity contribution is 0.282. The van der Waals surface area contributed by atoms with Crippen molar-refractivity contribution in [3.8, 4) is 11.5 Å². The third kappa shape index (κ3) is 2.58. The Morgan fingerprint density at radius 1 is 1.05 bits per heavy atom. The van der Waals surface area contributed by atoms with Gasteiger partial charge in [-0.2, -0.15) is 0 Å². The lowest BCUT2D eigenvalue weighted by atomic mass is 9.76. The third-order valence-corrected chi connectivity index (χ3v) is 3.75. The van der Waals surface area contributed by atoms with Crippen LogP contribution in [0, 0.1) is 0 Å². The minimum absolute atomic E-state index is 0.0733. The van der Waals surface area contributed by atoms with Crippen molar-refractivity contribution in [3.63, 3.8) is 0 Å². The smallest absolute Gasteiger partial charge is 0.123 e. The summed E-state index contributed by atoms with van der Waals surface area (Å²) < 4.78 is 5.84. The van der Waals surface area contributed by atoms with Gasteiger partial charge >= 0.3 is 0 Å². The Morgan fingerprint density at radius 2 is 1.68 bits per heavy atom. The number of aromatic hydroxyl groups is 1. The van der Waals surface area contributed by atoms with Gasteiger partial charge in [0.2, 0.25) is 0 Å². The molecular weight excluding hydrogens is 236 g/mol. The highest BCUT2D eigenvalue weighted by Crippen LogP contribution is 2.46. The topological polar surface area (TPSA) is 29.5 Å². The number of benzene rings is 1. The second kappa shape index (κ2) is 4.43. The fraction of sp³-hybridized carbons (Fsp3) is 0.647. The highest BCUT2D eigenvalue weighted by Gasteiger charge is 2.31. The average molecular weight is 262 g/mol. The molecule has 0 saturated heterocycles. The summed E-state index contributed by atoms with van der Waals surface area (Å²) in [6.45, 7) is 13.6. The first-order chi connectivity index (χ1) is 8.62. The molecule has 106 valence electrons. The number of hydrogen-bond donors (Lipinski definition) is 1. The van der Waals surface area contributed by atoms with Gasteiger partial charge in [-0.3, -0.25) is 0 Å². The molecule has 1 aromatic rings. The quantitative estimate of drug-likeness (QED) is 0.755. The second-order valence-electron chi connectivity index (χ2n) is 7.58. The Morgan fingerprint density at radius 3 is 2.21 bits per heavy atom. The van der Waals surface area contributed by atoms with Crippen LogP contribution in [0.2, 0.25) is 0 Å². The van der Waals surface area contributed by atoms with Crippen LogP contribution in [0.15, 0.2) is 6.07 Å². The van der Waals surface area contributed by atoms with Gasteiger partial charge in [-0.05, 0) is 29.7 Å². The first kappa shape index (κ1) is 14.2. The molecule has 0 bridgehead atoms. The molecule has 0 aliphatic carbocycles. The molecule has 0 fully saturated rings. The fourth-order valence-corrected chi connectivity index (χ4v) is 2.87. The molecule has 2 rings (SSSR count). The molecule has 0 unspecified atom stereocenters. The standard InChI is InChI=1S/C17H26O2/c1-16(2,3)12-10-13-11(8-7-9-19-13)14(15(12)18)17(4,5)6/h10,18H,7-9H2,1-6H3. The van der Waals surface area contributed by atoms with Crippen LogP contribution in [0.4, 0.5) is 0 Å². The van der Waals surface area contributed by atoms with Gasteiger partial charge < -0.3 is 9.84 Å². The predicted molar refractivity (Wildman–Crippen MR) is 79.3 cm³/mol. The van der Waals surface area contributed by atoms with Crippen molar-refractivity contribution in [3.05, 3.63) is 22.8 Å². The van der Waals surface area contributed by atoms with E-state index >= 15 is 0 Å². The summed E-state index contributed by atoms with van der Waals surface area (Å²) in [5, 5.41) is 10.8. The van der Waals surface area contributed by atoms with E-state index in [1.54, 1.807) is 0 Å². The molecular formula is C17H26O2. The Labute approximate surface area is 116 Å². The van der Waals surface area contributed by atoms with Crippen LogP contribution in [-0.4, -0.2) is 11.7 Å². The lowest BCUT2D eigenvalue weighted by Gasteiger charge is -2.32. The van der Waals surface area contributed by atoms with Gasteiger partial charge in [-0.25, -0.2) is 0 Å². The zero-order valence-corrected chi connectivity index (χ0v) is 13.1. The average Bonchev–Trinajstić information content (AvgIpc) is 2.24. The van der Waals surface area contributed by atoms with E-state index < -0.39 is 0 Å². The molecule has 2 heteroatoms. The molecule has 1 aliphatic rings. The van der Waals surface area contributed by atoms with E-state index in [2.05, 4.69) is 41.5 Å². The van der Waals surface area contributed by atoms with Crippen molar-refractivity contribution in [2.24, 2.45) is 0 Å². The van der Waals surface area contributed by atoms with Crippen LogP contribution in [-0.2, 0) is 17.3 Å². The van der Waals surface area contributed by atoms with Crippen molar-refractivity contribution in [2.45, 2.75) is 65.2 Å². The highest BCUT2D eigenvalue weighted by atomic mass is 16.5. The van der Waals surface area contributed by atoms with E-state index in [0.717, 1.165) is 36.3 Å². The summed E-state index contributed by atoms with van der Waals surface area (Å²) >= 11 is 0. The predicted octanol–water partition coefficient (Wildman–Crippen LogP) is 4.31. The maximum absolute atomic E-state index is 10.8. The van der Waals surface area contributed by atoms with Crippen LogP contribution in [0.1, 0.15) is 64.7 Å². The fourth-order valence-electron chi connectivity index (χ4n) is 2.87. The molecule has 0 amide bonds. The number of phenols is 1. The van der Waals surface area contributed by atoms with Crippen molar-refractivity contribution in [1.82, 2.24) is 0 Å². The highest BCUT2D eigenvalue weighted by molar-refractivity contribution is 5.58. The first-order valence-corrected chi connectivity index (χ1v) is 7.15. The molecule has 0 aromatic heterocycles. The molecule has 2 nitrogen and oxygen atoms in total. The molecule has 0 saturated carbocycles. The van der Waals surface area contributed by atoms with E-state index in [0.29, 0.717) is 5.75 Å². The third-order valence-electron chi connectivity index (χ3n) is 3.75. The molecule has 0 radical (unpaired) electrons. The number of rotatable bonds is 0. The Bertz CT molecular complexity index is 487. The Kier molecular flexibility index (Phi) is 3.32. The summed E-state index contributed by atoms with van der Waals surface area (Å²) in [6.07, 6.45) is 2.03. The number of phenolic OH excluding ortho intramolecular Hbond substituents is 1. The maximum atomic E-state index is 10.8. The summed E-state index contributed by atoms with van der Waals surface area (Å²) in [7, 11) is 0. The van der Waals surface area contributed by atoms with Crippen LogP contribution in [0.5, 0.6) is 11.5 Å². The van der Waals surface area contributed by atoms with Crippen molar-refractivity contribution in [2.75, 3.05) is 6.61 Å². The van der Waals surface area contributed by atoms with Crippen LogP contribution >= 0.6 is 0 Å². The number of hydrogen-bond acceptors (Lipinski definition) is 2. The van der Waals surface area contributed by atoms with Crippen molar-refractivity contribution < 1.29 is 9.84 Å². The molecule has 0 atom stereocenters. The van der Waals surface area contributed by atoms with Crippen molar-refractivity contribution in [1.29, 1.82) is 0 Å². The van der Waals surface area contributed by atoms with Gasteiger partial charge in [0, 0.05) is 16.7 Å². The van der Waals surface area contributed by atoms with Gasteiger partial charge in [0.15, 0.2) is 0 Å². The molecule has 0 spiro atoms. The number of fused-ring (bicyclic) bond motifs is 1. The zero-order valence-electron chi connectivity index (χ0n) is 13.1. The molecule has 1 aliphatic heterocycles. The summed E-state index contributed by atoms with van der Waals surface area (Å²) in [4.78, 5) is 0. The summed E-state index contributed by atoms with van der Waals surface area (Å²) in [5.74, 6) is 1.43. The van der Waals surface area contributed by atoms with Gasteiger partial charge in [-0.15, -0.1) is 0 Å². The van der Waals surface area contributed by atoms with Gasteiger partial charge in [-0.1, -0.05) is 41.5 Å². The van der Waals surface area contributed by atoms with E-state index in [1.807, 2.05) is 6.07 Å². The maximum Gasteiger partial charge on any atom is 0.123 e. The van der Waals surface area contributed by atoms with Gasteiger partial charge in [0.25, 0.3) is 0 Å². The van der Waals surface area contributed by atoms with Crippen molar-refractivity contribution >= 4 is 0 Å². The van der Waals surface area contributed by atoms with Crippen LogP contribution in [0.25, 0.3) is 0 Å². The second-order valence-corrected chi connectivity index (χ2v) is 7.58. The summed E-state index contributed by atoms with van der Waals surface area (Å²) in [6, 6.07) is 2.04. The molecule has 1 N–H and O–H groups in total. The van der Waals surface area contributed by atoms with E-state index in [9.17, 15) is 5.11 Å². The first-order valence-electron chi connectivity index (χ1n) is 7.15. The molecule has 1 aromatic carbocycles. The molecule has 19 heavy (non-hydrogen) atoms. The van der Waals surface area contributed by atoms with E-state index in [4.69, 9.17) is 4.74 Å². The van der Waals surface area contributed by atoms with Crippen LogP contribution < -0.4 is 4.74 Å². The van der Waals surface area contributed by atoms with E-state index in [-0.39, 0.29) is 10.8 Å². The minimum Gasteiger partial charge on any atom is -0.507 e. The SMILES string of the molecule is CC(C)(C)c1cc2c(c(C(C)(C)C)c1O)CCCO2. The summed E-state index contributed by atoms with van der Waals surface area (Å²) in [5.41, 5.74) is 3.09. The van der Waals surface area contributed by atoms with Crippen LogP contribution in [0.3, 0.4) is 0 Å². The minimum atomic E-state index is -0.0834. The van der Waals surface area contributed by atoms with Gasteiger partial charge in [0.05, 0.1) is 6.61 Å². The monoisotopic (exact) mass is 262 g/mol. The lowest BCUT2D eigenvalue weighted by Crippen LogP contribution is -2.22. The molecule has 1 heterocycles. The van der Waals surface area contributed by atoms with Gasteiger partial charge in [0.1, 0.15) is 11.5 Å². The largest absolute Gasteiger partial charge is 0.507 e. The Hall–Kier alpha value is -1.18. The zero-order chi connectivity index (χ0) is 14.4. The Balaban J connectivity index is 2.76. The normalized spacial score (nSPS) is 15.9.